The average Bonchev–Trinajstić information content (AvgIpc) is 3.39. The molecule has 1 aromatic heterocycles. The highest BCUT2D eigenvalue weighted by Gasteiger charge is 2.27. The second-order valence-electron chi connectivity index (χ2n) is 8.45. The number of likely N-dealkylation sites (tertiary alicyclic amines) is 1. The first-order chi connectivity index (χ1) is 14.5. The van der Waals surface area contributed by atoms with Crippen LogP contribution in [0.25, 0.3) is 0 Å². The van der Waals surface area contributed by atoms with Gasteiger partial charge in [0.1, 0.15) is 17.1 Å². The van der Waals surface area contributed by atoms with Gasteiger partial charge in [-0.2, -0.15) is 0 Å². The highest BCUT2D eigenvalue weighted by Crippen LogP contribution is 2.23. The molecule has 3 rings (SSSR count). The highest BCUT2D eigenvalue weighted by molar-refractivity contribution is 14.0. The first-order valence-electron chi connectivity index (χ1n) is 11.0. The molecule has 2 unspecified atom stereocenters. The van der Waals surface area contributed by atoms with Crippen LogP contribution in [0.2, 0.25) is 0 Å². The molecule has 1 fully saturated rings. The van der Waals surface area contributed by atoms with Gasteiger partial charge in [0.05, 0.1) is 6.54 Å². The highest BCUT2D eigenvalue weighted by atomic mass is 127. The summed E-state index contributed by atoms with van der Waals surface area (Å²) in [4.78, 5) is 7.15. The zero-order chi connectivity index (χ0) is 21.4. The van der Waals surface area contributed by atoms with Gasteiger partial charge in [-0.1, -0.05) is 30.3 Å². The third-order valence-electron chi connectivity index (χ3n) is 5.65. The number of aliphatic imine (C=N–C) groups is 1. The van der Waals surface area contributed by atoms with E-state index in [0.29, 0.717) is 11.7 Å². The van der Waals surface area contributed by atoms with Gasteiger partial charge in [0.15, 0.2) is 5.96 Å². The maximum atomic E-state index is 10.7. The van der Waals surface area contributed by atoms with Gasteiger partial charge in [-0.05, 0) is 63.8 Å². The van der Waals surface area contributed by atoms with Crippen molar-refractivity contribution in [2.75, 3.05) is 39.3 Å². The van der Waals surface area contributed by atoms with Gasteiger partial charge in [0.25, 0.3) is 0 Å². The number of furan rings is 1. The van der Waals surface area contributed by atoms with Crippen LogP contribution in [-0.2, 0) is 12.0 Å². The normalized spacial score (nSPS) is 19.0. The number of aryl methyl sites for hydroxylation is 1. The molecule has 0 aliphatic carbocycles. The van der Waals surface area contributed by atoms with Crippen LogP contribution in [0.5, 0.6) is 0 Å². The van der Waals surface area contributed by atoms with Crippen molar-refractivity contribution in [3.63, 3.8) is 0 Å². The summed E-state index contributed by atoms with van der Waals surface area (Å²) in [5, 5.41) is 17.5. The second kappa shape index (κ2) is 12.5. The van der Waals surface area contributed by atoms with Gasteiger partial charge in [0, 0.05) is 26.2 Å². The predicted molar refractivity (Wildman–Crippen MR) is 137 cm³/mol. The molecular formula is C24H37IN4O2. The maximum Gasteiger partial charge on any atom is 0.191 e. The molecule has 0 radical (unpaired) electrons. The summed E-state index contributed by atoms with van der Waals surface area (Å²) in [5.41, 5.74) is 0.275. The Morgan fingerprint density at radius 1 is 1.23 bits per heavy atom. The van der Waals surface area contributed by atoms with Crippen LogP contribution >= 0.6 is 24.0 Å². The van der Waals surface area contributed by atoms with E-state index in [0.717, 1.165) is 50.9 Å². The van der Waals surface area contributed by atoms with E-state index in [4.69, 9.17) is 4.42 Å². The molecule has 1 aromatic carbocycles. The minimum Gasteiger partial charge on any atom is -0.463 e. The molecule has 6 nitrogen and oxygen atoms in total. The van der Waals surface area contributed by atoms with Crippen molar-refractivity contribution in [3.05, 3.63) is 59.5 Å². The van der Waals surface area contributed by atoms with Crippen molar-refractivity contribution >= 4 is 29.9 Å². The van der Waals surface area contributed by atoms with Crippen molar-refractivity contribution < 1.29 is 9.52 Å². The van der Waals surface area contributed by atoms with Gasteiger partial charge in [0.2, 0.25) is 0 Å². The van der Waals surface area contributed by atoms with Crippen molar-refractivity contribution in [2.24, 2.45) is 10.9 Å². The molecular weight excluding hydrogens is 503 g/mol. The van der Waals surface area contributed by atoms with E-state index in [2.05, 4.69) is 50.9 Å². The number of nitrogens with one attached hydrogen (secondary N) is 2. The quantitative estimate of drug-likeness (QED) is 0.258. The van der Waals surface area contributed by atoms with E-state index < -0.39 is 5.60 Å². The Balaban J connectivity index is 0.00000341. The van der Waals surface area contributed by atoms with Crippen molar-refractivity contribution in [1.29, 1.82) is 0 Å². The number of rotatable bonds is 9. The standard InChI is InChI=1S/C24H36N4O2.HI/c1-4-25-23(27-18-24(3,29)22-11-10-19(2)30-22)26-16-21-13-15-28(17-21)14-12-20-8-6-5-7-9-20;/h5-11,21,29H,4,12-18H2,1-3H3,(H2,25,26,27);1H. The number of halogens is 1. The number of guanidine groups is 1. The molecule has 2 heterocycles. The first kappa shape index (κ1) is 25.7. The molecule has 1 aliphatic rings. The number of hydrogen-bond acceptors (Lipinski definition) is 4. The minimum atomic E-state index is -1.13. The smallest absolute Gasteiger partial charge is 0.191 e. The van der Waals surface area contributed by atoms with E-state index in [1.165, 1.54) is 12.0 Å². The Hall–Kier alpha value is -1.58. The second-order valence-corrected chi connectivity index (χ2v) is 8.45. The fraction of sp³-hybridized carbons (Fsp3) is 0.542. The summed E-state index contributed by atoms with van der Waals surface area (Å²) in [6, 6.07) is 14.4. The first-order valence-corrected chi connectivity index (χ1v) is 11.0. The third kappa shape index (κ3) is 8.12. The number of hydrogen-bond donors (Lipinski definition) is 3. The monoisotopic (exact) mass is 540 g/mol. The Morgan fingerprint density at radius 2 is 2.00 bits per heavy atom. The molecule has 1 aliphatic heterocycles. The lowest BCUT2D eigenvalue weighted by Crippen LogP contribution is -2.41. The Labute approximate surface area is 203 Å². The molecule has 172 valence electrons. The Bertz CT molecular complexity index is 807. The molecule has 0 spiro atoms. The lowest BCUT2D eigenvalue weighted by Gasteiger charge is -2.20. The minimum absolute atomic E-state index is 0. The molecule has 2 atom stereocenters. The molecule has 0 saturated carbocycles. The summed E-state index contributed by atoms with van der Waals surface area (Å²) in [7, 11) is 0. The average molecular weight is 540 g/mol. The number of benzene rings is 1. The zero-order valence-corrected chi connectivity index (χ0v) is 21.3. The summed E-state index contributed by atoms with van der Waals surface area (Å²) in [6.07, 6.45) is 2.30. The van der Waals surface area contributed by atoms with Crippen molar-refractivity contribution in [1.82, 2.24) is 15.5 Å². The van der Waals surface area contributed by atoms with E-state index >= 15 is 0 Å². The van der Waals surface area contributed by atoms with Gasteiger partial charge < -0.3 is 25.1 Å². The molecule has 31 heavy (non-hydrogen) atoms. The molecule has 7 heteroatoms. The van der Waals surface area contributed by atoms with E-state index in [9.17, 15) is 5.11 Å². The third-order valence-corrected chi connectivity index (χ3v) is 5.65. The van der Waals surface area contributed by atoms with Crippen molar-refractivity contribution in [2.45, 2.75) is 39.2 Å². The summed E-state index contributed by atoms with van der Waals surface area (Å²) < 4.78 is 5.58. The molecule has 0 amide bonds. The zero-order valence-electron chi connectivity index (χ0n) is 18.9. The SMILES string of the molecule is CCNC(=NCC(C)(O)c1ccc(C)o1)NCC1CCN(CCc2ccccc2)C1.I. The molecule has 1 saturated heterocycles. The summed E-state index contributed by atoms with van der Waals surface area (Å²) in [5.74, 6) is 2.68. The lowest BCUT2D eigenvalue weighted by atomic mass is 10.0. The van der Waals surface area contributed by atoms with Crippen LogP contribution < -0.4 is 10.6 Å². The van der Waals surface area contributed by atoms with Crippen molar-refractivity contribution in [3.8, 4) is 0 Å². The molecule has 3 N–H and O–H groups in total. The fourth-order valence-corrected chi connectivity index (χ4v) is 3.83. The van der Waals surface area contributed by atoms with Gasteiger partial charge >= 0.3 is 0 Å². The topological polar surface area (TPSA) is 73.0 Å². The summed E-state index contributed by atoms with van der Waals surface area (Å²) in [6.45, 7) is 10.9. The largest absolute Gasteiger partial charge is 0.463 e. The van der Waals surface area contributed by atoms with Crippen LogP contribution in [-0.4, -0.2) is 55.2 Å². The Kier molecular flexibility index (Phi) is 10.3. The van der Waals surface area contributed by atoms with E-state index in [1.54, 1.807) is 6.92 Å². The van der Waals surface area contributed by atoms with E-state index in [1.807, 2.05) is 26.0 Å². The van der Waals surface area contributed by atoms with E-state index in [-0.39, 0.29) is 30.5 Å². The van der Waals surface area contributed by atoms with Crippen LogP contribution in [0, 0.1) is 12.8 Å². The van der Waals surface area contributed by atoms with Crippen LogP contribution in [0.15, 0.2) is 51.9 Å². The summed E-state index contributed by atoms with van der Waals surface area (Å²) >= 11 is 0. The fourth-order valence-electron chi connectivity index (χ4n) is 3.83. The lowest BCUT2D eigenvalue weighted by molar-refractivity contribution is 0.0428. The Morgan fingerprint density at radius 3 is 2.68 bits per heavy atom. The van der Waals surface area contributed by atoms with Crippen LogP contribution in [0.4, 0.5) is 0 Å². The number of aliphatic hydroxyl groups is 1. The molecule has 2 aromatic rings. The van der Waals surface area contributed by atoms with Crippen LogP contribution in [0.3, 0.4) is 0 Å². The molecule has 0 bridgehead atoms. The predicted octanol–water partition coefficient (Wildman–Crippen LogP) is 3.53. The number of nitrogens with zero attached hydrogens (tertiary/aromatic N) is 2. The van der Waals surface area contributed by atoms with Gasteiger partial charge in [-0.25, -0.2) is 4.99 Å². The maximum absolute atomic E-state index is 10.7. The van der Waals surface area contributed by atoms with Gasteiger partial charge in [-0.15, -0.1) is 24.0 Å². The van der Waals surface area contributed by atoms with Crippen LogP contribution in [0.1, 0.15) is 37.4 Å². The van der Waals surface area contributed by atoms with Gasteiger partial charge in [-0.3, -0.25) is 0 Å².